The van der Waals surface area contributed by atoms with E-state index < -0.39 is 10.0 Å². The average Bonchev–Trinajstić information content (AvgIpc) is 3.32. The van der Waals surface area contributed by atoms with Crippen LogP contribution in [-0.4, -0.2) is 41.2 Å². The van der Waals surface area contributed by atoms with E-state index in [-0.39, 0.29) is 11.4 Å². The fourth-order valence-corrected chi connectivity index (χ4v) is 6.00. The Hall–Kier alpha value is -2.59. The molecular weight excluding hydrogens is 430 g/mol. The first-order chi connectivity index (χ1) is 15.1. The lowest BCUT2D eigenvalue weighted by atomic mass is 10.2. The quantitative estimate of drug-likeness (QED) is 0.485. The molecule has 5 rings (SSSR count). The predicted octanol–water partition coefficient (Wildman–Crippen LogP) is 3.03. The van der Waals surface area contributed by atoms with Crippen LogP contribution in [0.5, 0.6) is 0 Å². The number of aromatic nitrogens is 3. The third-order valence-electron chi connectivity index (χ3n) is 5.53. The molecular formula is C22H23N5O2S2. The van der Waals surface area contributed by atoms with E-state index in [0.717, 1.165) is 38.4 Å². The van der Waals surface area contributed by atoms with Gasteiger partial charge in [-0.25, -0.2) is 13.1 Å². The first-order valence-corrected chi connectivity index (χ1v) is 12.5. The highest BCUT2D eigenvalue weighted by Gasteiger charge is 2.21. The van der Waals surface area contributed by atoms with Gasteiger partial charge in [0.2, 0.25) is 10.0 Å². The number of sulfonamides is 1. The van der Waals surface area contributed by atoms with E-state index in [9.17, 15) is 8.42 Å². The van der Waals surface area contributed by atoms with Crippen LogP contribution < -0.4 is 4.72 Å². The minimum atomic E-state index is -3.58. The van der Waals surface area contributed by atoms with Crippen LogP contribution in [0.2, 0.25) is 0 Å². The number of benzene rings is 2. The number of fused-ring (bicyclic) bond motifs is 2. The van der Waals surface area contributed by atoms with E-state index in [1.807, 2.05) is 11.3 Å². The van der Waals surface area contributed by atoms with Gasteiger partial charge in [0.25, 0.3) is 0 Å². The van der Waals surface area contributed by atoms with Crippen molar-refractivity contribution in [3.05, 3.63) is 77.2 Å². The molecule has 7 nitrogen and oxygen atoms in total. The standard InChI is InChI=1S/C22H23N5O2S2/c28-31(29,19-7-2-1-3-8-19)23-15-22-25-24-21-10-11-26(12-13-27(21)22)16-18-14-17-6-4-5-9-20(17)30-18/h1-9,14,23H,10-13,15-16H2. The molecule has 4 aromatic rings. The number of thiophene rings is 1. The van der Waals surface area contributed by atoms with Crippen LogP contribution in [0.3, 0.4) is 0 Å². The van der Waals surface area contributed by atoms with Gasteiger partial charge >= 0.3 is 0 Å². The van der Waals surface area contributed by atoms with Gasteiger partial charge in [-0.3, -0.25) is 4.90 Å². The minimum absolute atomic E-state index is 0.126. The van der Waals surface area contributed by atoms with Crippen LogP contribution in [0.4, 0.5) is 0 Å². The highest BCUT2D eigenvalue weighted by molar-refractivity contribution is 7.89. The van der Waals surface area contributed by atoms with E-state index in [2.05, 4.69) is 54.7 Å². The van der Waals surface area contributed by atoms with Gasteiger partial charge in [0.15, 0.2) is 0 Å². The SMILES string of the molecule is O=S(=O)(NCc1nnc2n1CCN(Cc1cc3ccccc3s1)CC2)c1ccccc1. The van der Waals surface area contributed by atoms with Gasteiger partial charge < -0.3 is 4.57 Å². The molecule has 2 aromatic heterocycles. The van der Waals surface area contributed by atoms with E-state index in [1.165, 1.54) is 15.0 Å². The Morgan fingerprint density at radius 1 is 0.968 bits per heavy atom. The molecule has 31 heavy (non-hydrogen) atoms. The number of hydrogen-bond donors (Lipinski definition) is 1. The van der Waals surface area contributed by atoms with Gasteiger partial charge in [0, 0.05) is 42.2 Å². The van der Waals surface area contributed by atoms with Crippen molar-refractivity contribution < 1.29 is 8.42 Å². The molecule has 1 N–H and O–H groups in total. The second-order valence-corrected chi connectivity index (χ2v) is 10.5. The van der Waals surface area contributed by atoms with Crippen molar-refractivity contribution in [1.29, 1.82) is 0 Å². The third-order valence-corrected chi connectivity index (χ3v) is 8.04. The average molecular weight is 454 g/mol. The second-order valence-electron chi connectivity index (χ2n) is 7.60. The van der Waals surface area contributed by atoms with Crippen LogP contribution >= 0.6 is 11.3 Å². The highest BCUT2D eigenvalue weighted by Crippen LogP contribution is 2.26. The molecule has 2 aromatic carbocycles. The fraction of sp³-hybridized carbons (Fsp3) is 0.273. The summed E-state index contributed by atoms with van der Waals surface area (Å²) in [6, 6.07) is 19.1. The van der Waals surface area contributed by atoms with E-state index in [0.29, 0.717) is 5.82 Å². The monoisotopic (exact) mass is 453 g/mol. The lowest BCUT2D eigenvalue weighted by Gasteiger charge is -2.18. The van der Waals surface area contributed by atoms with Gasteiger partial charge in [0.05, 0.1) is 11.4 Å². The summed E-state index contributed by atoms with van der Waals surface area (Å²) in [5.41, 5.74) is 0. The van der Waals surface area contributed by atoms with Gasteiger partial charge in [-0.1, -0.05) is 36.4 Å². The second kappa shape index (κ2) is 8.51. The summed E-state index contributed by atoms with van der Waals surface area (Å²) in [4.78, 5) is 4.03. The third kappa shape index (κ3) is 4.40. The zero-order chi connectivity index (χ0) is 21.3. The molecule has 1 aliphatic heterocycles. The molecule has 0 aliphatic carbocycles. The maximum Gasteiger partial charge on any atom is 0.240 e. The topological polar surface area (TPSA) is 80.1 Å². The van der Waals surface area contributed by atoms with Gasteiger partial charge in [-0.05, 0) is 29.7 Å². The van der Waals surface area contributed by atoms with Crippen LogP contribution in [-0.2, 0) is 36.1 Å². The van der Waals surface area contributed by atoms with Crippen LogP contribution in [0, 0.1) is 0 Å². The number of nitrogens with one attached hydrogen (secondary N) is 1. The zero-order valence-corrected chi connectivity index (χ0v) is 18.6. The Morgan fingerprint density at radius 3 is 2.61 bits per heavy atom. The van der Waals surface area contributed by atoms with Crippen molar-refractivity contribution >= 4 is 31.4 Å². The molecule has 0 saturated heterocycles. The van der Waals surface area contributed by atoms with Crippen molar-refractivity contribution in [3.63, 3.8) is 0 Å². The van der Waals surface area contributed by atoms with Gasteiger partial charge in [-0.15, -0.1) is 21.5 Å². The Morgan fingerprint density at radius 2 is 1.77 bits per heavy atom. The van der Waals surface area contributed by atoms with Crippen LogP contribution in [0.1, 0.15) is 16.5 Å². The van der Waals surface area contributed by atoms with Crippen molar-refractivity contribution in [2.24, 2.45) is 0 Å². The molecule has 3 heterocycles. The predicted molar refractivity (Wildman–Crippen MR) is 121 cm³/mol. The Labute approximate surface area is 185 Å². The molecule has 0 unspecified atom stereocenters. The Bertz CT molecular complexity index is 1260. The first-order valence-electron chi connectivity index (χ1n) is 10.2. The molecule has 0 bridgehead atoms. The lowest BCUT2D eigenvalue weighted by Crippen LogP contribution is -2.27. The lowest BCUT2D eigenvalue weighted by molar-refractivity contribution is 0.272. The summed E-state index contributed by atoms with van der Waals surface area (Å²) in [5.74, 6) is 1.56. The molecule has 0 spiro atoms. The summed E-state index contributed by atoms with van der Waals surface area (Å²) in [6.45, 7) is 3.56. The van der Waals surface area contributed by atoms with E-state index in [1.54, 1.807) is 30.3 Å². The molecule has 1 aliphatic rings. The molecule has 0 amide bonds. The van der Waals surface area contributed by atoms with Gasteiger partial charge in [0.1, 0.15) is 11.6 Å². The van der Waals surface area contributed by atoms with Crippen molar-refractivity contribution in [2.75, 3.05) is 13.1 Å². The van der Waals surface area contributed by atoms with E-state index in [4.69, 9.17) is 0 Å². The van der Waals surface area contributed by atoms with Crippen molar-refractivity contribution in [1.82, 2.24) is 24.4 Å². The number of rotatable bonds is 6. The van der Waals surface area contributed by atoms with Crippen LogP contribution in [0.15, 0.2) is 65.6 Å². The molecule has 0 atom stereocenters. The Balaban J connectivity index is 1.25. The highest BCUT2D eigenvalue weighted by atomic mass is 32.2. The summed E-state index contributed by atoms with van der Waals surface area (Å²) < 4.78 is 31.1. The smallest absolute Gasteiger partial charge is 0.240 e. The minimum Gasteiger partial charge on any atom is -0.313 e. The number of hydrogen-bond acceptors (Lipinski definition) is 6. The summed E-state index contributed by atoms with van der Waals surface area (Å²) in [6.07, 6.45) is 0.795. The van der Waals surface area contributed by atoms with Gasteiger partial charge in [-0.2, -0.15) is 0 Å². The van der Waals surface area contributed by atoms with Crippen molar-refractivity contribution in [3.8, 4) is 0 Å². The summed E-state index contributed by atoms with van der Waals surface area (Å²) in [5, 5.41) is 9.86. The zero-order valence-electron chi connectivity index (χ0n) is 16.9. The van der Waals surface area contributed by atoms with Crippen molar-refractivity contribution in [2.45, 2.75) is 31.0 Å². The molecule has 0 radical (unpaired) electrons. The molecule has 0 saturated carbocycles. The summed E-state index contributed by atoms with van der Waals surface area (Å²) in [7, 11) is -3.58. The molecule has 160 valence electrons. The normalized spacial score (nSPS) is 15.1. The van der Waals surface area contributed by atoms with Crippen LogP contribution in [0.25, 0.3) is 10.1 Å². The molecule has 0 fully saturated rings. The fourth-order valence-electron chi connectivity index (χ4n) is 3.89. The van der Waals surface area contributed by atoms with E-state index >= 15 is 0 Å². The largest absolute Gasteiger partial charge is 0.313 e. The Kier molecular flexibility index (Phi) is 5.58. The first kappa shape index (κ1) is 20.3. The summed E-state index contributed by atoms with van der Waals surface area (Å²) >= 11 is 1.84. The number of nitrogens with zero attached hydrogens (tertiary/aromatic N) is 4. The maximum absolute atomic E-state index is 12.5. The maximum atomic E-state index is 12.5. The molecule has 9 heteroatoms.